The molecule has 0 bridgehead atoms. The van der Waals surface area contributed by atoms with Gasteiger partial charge in [0.15, 0.2) is 0 Å². The Hall–Kier alpha value is -0.0800. The first kappa shape index (κ1) is 9.01. The molecule has 66 valence electrons. The second kappa shape index (κ2) is 4.07. The van der Waals surface area contributed by atoms with Crippen LogP contribution in [0.3, 0.4) is 0 Å². The number of aliphatic hydroxyl groups is 1. The number of aliphatic hydroxyl groups excluding tert-OH is 1. The monoisotopic (exact) mass is 157 g/mol. The van der Waals surface area contributed by atoms with Crippen molar-refractivity contribution in [3.63, 3.8) is 0 Å². The predicted octanol–water partition coefficient (Wildman–Crippen LogP) is 1.00. The molecule has 0 aromatic rings. The van der Waals surface area contributed by atoms with E-state index in [1.807, 2.05) is 0 Å². The van der Waals surface area contributed by atoms with E-state index in [4.69, 9.17) is 0 Å². The van der Waals surface area contributed by atoms with Crippen molar-refractivity contribution in [2.24, 2.45) is 11.8 Å². The largest absolute Gasteiger partial charge is 0.393 e. The lowest BCUT2D eigenvalue weighted by molar-refractivity contribution is 0.0951. The standard InChI is InChI=1S/C9H19NO/c1-7(2)5-9(11)8-3-4-10-6-8/h7-11H,3-6H2,1-2H3. The van der Waals surface area contributed by atoms with Crippen molar-refractivity contribution >= 4 is 0 Å². The summed E-state index contributed by atoms with van der Waals surface area (Å²) in [6, 6.07) is 0. The molecular weight excluding hydrogens is 138 g/mol. The molecule has 1 fully saturated rings. The van der Waals surface area contributed by atoms with Crippen LogP contribution in [0.5, 0.6) is 0 Å². The molecule has 1 rings (SSSR count). The topological polar surface area (TPSA) is 32.3 Å². The number of rotatable bonds is 3. The first-order valence-corrected chi connectivity index (χ1v) is 4.59. The zero-order valence-corrected chi connectivity index (χ0v) is 7.51. The van der Waals surface area contributed by atoms with Crippen molar-refractivity contribution < 1.29 is 5.11 Å². The molecule has 0 aromatic heterocycles. The van der Waals surface area contributed by atoms with Gasteiger partial charge in [0.05, 0.1) is 6.10 Å². The Balaban J connectivity index is 2.22. The zero-order chi connectivity index (χ0) is 8.27. The SMILES string of the molecule is CC(C)CC(O)C1CCNC1. The Bertz CT molecular complexity index is 108. The maximum atomic E-state index is 9.68. The van der Waals surface area contributed by atoms with Crippen LogP contribution in [-0.2, 0) is 0 Å². The maximum absolute atomic E-state index is 9.68. The van der Waals surface area contributed by atoms with Crippen molar-refractivity contribution in [3.8, 4) is 0 Å². The molecule has 1 aliphatic heterocycles. The van der Waals surface area contributed by atoms with E-state index < -0.39 is 0 Å². The van der Waals surface area contributed by atoms with Gasteiger partial charge in [-0.15, -0.1) is 0 Å². The molecule has 0 aliphatic carbocycles. The fourth-order valence-corrected chi connectivity index (χ4v) is 1.68. The minimum Gasteiger partial charge on any atom is -0.393 e. The van der Waals surface area contributed by atoms with Crippen LogP contribution in [0.2, 0.25) is 0 Å². The van der Waals surface area contributed by atoms with Crippen molar-refractivity contribution in [3.05, 3.63) is 0 Å². The quantitative estimate of drug-likeness (QED) is 0.640. The minimum absolute atomic E-state index is 0.0787. The lowest BCUT2D eigenvalue weighted by Crippen LogP contribution is -2.24. The molecular formula is C9H19NO. The van der Waals surface area contributed by atoms with Crippen molar-refractivity contribution in [2.45, 2.75) is 32.8 Å². The summed E-state index contributed by atoms with van der Waals surface area (Å²) in [5.74, 6) is 1.13. The van der Waals surface area contributed by atoms with Gasteiger partial charge >= 0.3 is 0 Å². The smallest absolute Gasteiger partial charge is 0.0583 e. The Morgan fingerprint density at radius 3 is 2.73 bits per heavy atom. The molecule has 0 aromatic carbocycles. The third kappa shape index (κ3) is 2.80. The molecule has 0 radical (unpaired) electrons. The van der Waals surface area contributed by atoms with E-state index in [-0.39, 0.29) is 6.10 Å². The molecule has 1 saturated heterocycles. The molecule has 2 atom stereocenters. The highest BCUT2D eigenvalue weighted by atomic mass is 16.3. The van der Waals surface area contributed by atoms with Gasteiger partial charge in [0.1, 0.15) is 0 Å². The molecule has 2 unspecified atom stereocenters. The first-order chi connectivity index (χ1) is 5.20. The van der Waals surface area contributed by atoms with Crippen molar-refractivity contribution in [1.82, 2.24) is 5.32 Å². The lowest BCUT2D eigenvalue weighted by atomic mass is 9.94. The molecule has 2 heteroatoms. The predicted molar refractivity (Wildman–Crippen MR) is 46.4 cm³/mol. The highest BCUT2D eigenvalue weighted by Crippen LogP contribution is 2.18. The maximum Gasteiger partial charge on any atom is 0.0583 e. The van der Waals surface area contributed by atoms with Crippen LogP contribution in [0.25, 0.3) is 0 Å². The molecule has 2 N–H and O–H groups in total. The summed E-state index contributed by atoms with van der Waals surface area (Å²) in [6.07, 6.45) is 2.02. The van der Waals surface area contributed by atoms with Gasteiger partial charge in [0.25, 0.3) is 0 Å². The fraction of sp³-hybridized carbons (Fsp3) is 1.00. The summed E-state index contributed by atoms with van der Waals surface area (Å²) in [4.78, 5) is 0. The summed E-state index contributed by atoms with van der Waals surface area (Å²) < 4.78 is 0. The van der Waals surface area contributed by atoms with Gasteiger partial charge in [-0.3, -0.25) is 0 Å². The second-order valence-corrected chi connectivity index (χ2v) is 3.95. The molecule has 0 spiro atoms. The van der Waals surface area contributed by atoms with Gasteiger partial charge in [-0.05, 0) is 31.2 Å². The van der Waals surface area contributed by atoms with Crippen LogP contribution in [0.15, 0.2) is 0 Å². The van der Waals surface area contributed by atoms with Gasteiger partial charge in [0, 0.05) is 6.54 Å². The van der Waals surface area contributed by atoms with E-state index in [0.29, 0.717) is 11.8 Å². The highest BCUT2D eigenvalue weighted by molar-refractivity contribution is 4.78. The molecule has 1 heterocycles. The van der Waals surface area contributed by atoms with Crippen LogP contribution in [0.1, 0.15) is 26.7 Å². The molecule has 2 nitrogen and oxygen atoms in total. The molecule has 0 amide bonds. The average Bonchev–Trinajstić information content (AvgIpc) is 2.35. The van der Waals surface area contributed by atoms with Crippen molar-refractivity contribution in [2.75, 3.05) is 13.1 Å². The number of hydrogen-bond donors (Lipinski definition) is 2. The summed E-state index contributed by atoms with van der Waals surface area (Å²) >= 11 is 0. The normalized spacial score (nSPS) is 27.8. The summed E-state index contributed by atoms with van der Waals surface area (Å²) in [7, 11) is 0. The van der Waals surface area contributed by atoms with E-state index in [9.17, 15) is 5.11 Å². The Morgan fingerprint density at radius 1 is 1.55 bits per heavy atom. The third-order valence-corrected chi connectivity index (χ3v) is 2.36. The van der Waals surface area contributed by atoms with Gasteiger partial charge in [-0.2, -0.15) is 0 Å². The average molecular weight is 157 g/mol. The van der Waals surface area contributed by atoms with E-state index in [1.165, 1.54) is 0 Å². The molecule has 1 aliphatic rings. The van der Waals surface area contributed by atoms with Gasteiger partial charge in [-0.1, -0.05) is 13.8 Å². The second-order valence-electron chi connectivity index (χ2n) is 3.95. The molecule has 11 heavy (non-hydrogen) atoms. The van der Waals surface area contributed by atoms with Crippen LogP contribution in [0, 0.1) is 11.8 Å². The Labute approximate surface area is 69.0 Å². The van der Waals surface area contributed by atoms with E-state index >= 15 is 0 Å². The summed E-state index contributed by atoms with van der Waals surface area (Å²) in [5, 5.41) is 12.9. The highest BCUT2D eigenvalue weighted by Gasteiger charge is 2.22. The summed E-state index contributed by atoms with van der Waals surface area (Å²) in [6.45, 7) is 6.41. The third-order valence-electron chi connectivity index (χ3n) is 2.36. The number of hydrogen-bond acceptors (Lipinski definition) is 2. The van der Waals surface area contributed by atoms with Crippen LogP contribution < -0.4 is 5.32 Å². The summed E-state index contributed by atoms with van der Waals surface area (Å²) in [5.41, 5.74) is 0. The zero-order valence-electron chi connectivity index (χ0n) is 7.51. The Kier molecular flexibility index (Phi) is 3.34. The fourth-order valence-electron chi connectivity index (χ4n) is 1.68. The Morgan fingerprint density at radius 2 is 2.27 bits per heavy atom. The van der Waals surface area contributed by atoms with Gasteiger partial charge in [0.2, 0.25) is 0 Å². The van der Waals surface area contributed by atoms with Crippen LogP contribution in [0.4, 0.5) is 0 Å². The lowest BCUT2D eigenvalue weighted by Gasteiger charge is -2.18. The van der Waals surface area contributed by atoms with Crippen LogP contribution >= 0.6 is 0 Å². The van der Waals surface area contributed by atoms with E-state index in [0.717, 1.165) is 25.9 Å². The number of nitrogens with one attached hydrogen (secondary N) is 1. The van der Waals surface area contributed by atoms with Crippen molar-refractivity contribution in [1.29, 1.82) is 0 Å². The molecule has 0 saturated carbocycles. The first-order valence-electron chi connectivity index (χ1n) is 4.59. The van der Waals surface area contributed by atoms with Gasteiger partial charge < -0.3 is 10.4 Å². The van der Waals surface area contributed by atoms with E-state index in [1.54, 1.807) is 0 Å². The van der Waals surface area contributed by atoms with Gasteiger partial charge in [-0.25, -0.2) is 0 Å². The minimum atomic E-state index is -0.0787. The van der Waals surface area contributed by atoms with Crippen LogP contribution in [-0.4, -0.2) is 24.3 Å². The van der Waals surface area contributed by atoms with E-state index in [2.05, 4.69) is 19.2 Å².